The number of rotatable bonds is 3. The third-order valence-electron chi connectivity index (χ3n) is 4.32. The van der Waals surface area contributed by atoms with Crippen molar-refractivity contribution in [3.8, 4) is 0 Å². The Hall–Kier alpha value is -0.610. The molecule has 0 amide bonds. The maximum Gasteiger partial charge on any atom is 0.306 e. The first-order valence-electron chi connectivity index (χ1n) is 6.43. The van der Waals surface area contributed by atoms with E-state index < -0.39 is 16.6 Å². The summed E-state index contributed by atoms with van der Waals surface area (Å²) in [5, 5.41) is 0. The van der Waals surface area contributed by atoms with Crippen molar-refractivity contribution >= 4 is 5.97 Å². The van der Waals surface area contributed by atoms with Crippen molar-refractivity contribution in [2.24, 2.45) is 11.1 Å². The van der Waals surface area contributed by atoms with Crippen molar-refractivity contribution < 1.29 is 14.3 Å². The molecule has 0 spiro atoms. The van der Waals surface area contributed by atoms with Crippen LogP contribution in [0.5, 0.6) is 0 Å². The van der Waals surface area contributed by atoms with Crippen LogP contribution in [-0.2, 0) is 14.3 Å². The van der Waals surface area contributed by atoms with E-state index in [1.54, 1.807) is 0 Å². The lowest BCUT2D eigenvalue weighted by atomic mass is 9.59. The molecule has 1 atom stereocenters. The number of carbonyl (C=O) groups excluding carboxylic acids is 1. The minimum absolute atomic E-state index is 0.233. The van der Waals surface area contributed by atoms with Gasteiger partial charge in [0.05, 0.1) is 24.7 Å². The first-order valence-corrected chi connectivity index (χ1v) is 6.43. The summed E-state index contributed by atoms with van der Waals surface area (Å²) in [5.74, 6) is -0.233. The first kappa shape index (κ1) is 15.4. The average molecular weight is 257 g/mol. The van der Waals surface area contributed by atoms with Crippen molar-refractivity contribution in [1.29, 1.82) is 0 Å². The highest BCUT2D eigenvalue weighted by Gasteiger charge is 2.63. The quantitative estimate of drug-likeness (QED) is 0.788. The summed E-state index contributed by atoms with van der Waals surface area (Å²) in [6.45, 7) is 12.0. The van der Waals surface area contributed by atoms with Crippen molar-refractivity contribution in [1.82, 2.24) is 0 Å². The lowest BCUT2D eigenvalue weighted by Gasteiger charge is -2.48. The number of esters is 1. The van der Waals surface area contributed by atoms with Crippen LogP contribution < -0.4 is 5.73 Å². The molecule has 4 nitrogen and oxygen atoms in total. The molecule has 0 aliphatic carbocycles. The minimum Gasteiger partial charge on any atom is -0.469 e. The van der Waals surface area contributed by atoms with Crippen molar-refractivity contribution in [2.45, 2.75) is 71.1 Å². The molecular weight excluding hydrogens is 230 g/mol. The molecule has 1 rings (SSSR count). The molecule has 0 aromatic rings. The smallest absolute Gasteiger partial charge is 0.306 e. The number of methoxy groups -OCH3 is 1. The zero-order chi connectivity index (χ0) is 14.4. The molecule has 18 heavy (non-hydrogen) atoms. The van der Waals surface area contributed by atoms with E-state index in [0.29, 0.717) is 0 Å². The van der Waals surface area contributed by atoms with Gasteiger partial charge in [0, 0.05) is 11.0 Å². The lowest BCUT2D eigenvalue weighted by Crippen LogP contribution is -2.60. The molecule has 106 valence electrons. The standard InChI is InChI=1S/C14H27NO3/c1-11(2)9-14(12(3,4)15,8-10(16)17-7)13(5,6)18-11/h8-9,15H2,1-7H3. The summed E-state index contributed by atoms with van der Waals surface area (Å²) < 4.78 is 11.0. The lowest BCUT2D eigenvalue weighted by molar-refractivity contribution is -0.152. The fourth-order valence-electron chi connectivity index (χ4n) is 3.59. The zero-order valence-electron chi connectivity index (χ0n) is 12.7. The molecule has 2 N–H and O–H groups in total. The number of ether oxygens (including phenoxy) is 2. The van der Waals surface area contributed by atoms with Gasteiger partial charge in [0.15, 0.2) is 0 Å². The maximum absolute atomic E-state index is 11.8. The normalized spacial score (nSPS) is 30.2. The topological polar surface area (TPSA) is 61.5 Å². The SMILES string of the molecule is COC(=O)CC1(C(C)(C)N)CC(C)(C)OC1(C)C. The van der Waals surface area contributed by atoms with Crippen LogP contribution in [0.3, 0.4) is 0 Å². The number of hydrogen-bond acceptors (Lipinski definition) is 4. The Balaban J connectivity index is 3.26. The van der Waals surface area contributed by atoms with Gasteiger partial charge in [0.25, 0.3) is 0 Å². The van der Waals surface area contributed by atoms with E-state index in [1.165, 1.54) is 7.11 Å². The van der Waals surface area contributed by atoms with E-state index in [1.807, 2.05) is 41.5 Å². The highest BCUT2D eigenvalue weighted by Crippen LogP contribution is 2.57. The van der Waals surface area contributed by atoms with Crippen molar-refractivity contribution in [3.05, 3.63) is 0 Å². The molecule has 4 heteroatoms. The first-order chi connectivity index (χ1) is 7.87. The fourth-order valence-corrected chi connectivity index (χ4v) is 3.59. The molecule has 0 saturated carbocycles. The predicted octanol–water partition coefficient (Wildman–Crippen LogP) is 2.25. The van der Waals surface area contributed by atoms with Gasteiger partial charge < -0.3 is 15.2 Å². The fraction of sp³-hybridized carbons (Fsp3) is 0.929. The minimum atomic E-state index is -0.529. The summed E-state index contributed by atoms with van der Waals surface area (Å²) in [4.78, 5) is 11.8. The van der Waals surface area contributed by atoms with Crippen LogP contribution >= 0.6 is 0 Å². The molecule has 0 aromatic heterocycles. The Morgan fingerprint density at radius 2 is 1.83 bits per heavy atom. The number of nitrogens with two attached hydrogens (primary N) is 1. The maximum atomic E-state index is 11.8. The average Bonchev–Trinajstić information content (AvgIpc) is 2.30. The van der Waals surface area contributed by atoms with Gasteiger partial charge in [0.2, 0.25) is 0 Å². The Kier molecular flexibility index (Phi) is 3.61. The molecule has 0 aromatic carbocycles. The van der Waals surface area contributed by atoms with E-state index in [0.717, 1.165) is 6.42 Å². The molecule has 1 unspecified atom stereocenters. The molecule has 0 radical (unpaired) electrons. The monoisotopic (exact) mass is 257 g/mol. The van der Waals surface area contributed by atoms with Crippen LogP contribution in [0.15, 0.2) is 0 Å². The predicted molar refractivity (Wildman–Crippen MR) is 71.2 cm³/mol. The molecule has 1 fully saturated rings. The highest BCUT2D eigenvalue weighted by atomic mass is 16.5. The Morgan fingerprint density at radius 3 is 2.11 bits per heavy atom. The second kappa shape index (κ2) is 4.20. The Bertz CT molecular complexity index is 341. The summed E-state index contributed by atoms with van der Waals surface area (Å²) in [7, 11) is 1.41. The van der Waals surface area contributed by atoms with Crippen LogP contribution in [0, 0.1) is 5.41 Å². The van der Waals surface area contributed by atoms with Gasteiger partial charge in [-0.05, 0) is 48.0 Å². The third kappa shape index (κ3) is 2.41. The van der Waals surface area contributed by atoms with E-state index >= 15 is 0 Å². The molecule has 0 bridgehead atoms. The van der Waals surface area contributed by atoms with E-state index in [9.17, 15) is 4.79 Å². The van der Waals surface area contributed by atoms with Gasteiger partial charge in [0.1, 0.15) is 0 Å². The van der Waals surface area contributed by atoms with E-state index in [2.05, 4.69) is 0 Å². The van der Waals surface area contributed by atoms with Crippen LogP contribution in [0.2, 0.25) is 0 Å². The summed E-state index contributed by atoms with van der Waals surface area (Å²) in [5.41, 5.74) is 4.67. The van der Waals surface area contributed by atoms with Crippen LogP contribution in [-0.4, -0.2) is 29.8 Å². The molecule has 1 aliphatic rings. The van der Waals surface area contributed by atoms with Gasteiger partial charge in [-0.15, -0.1) is 0 Å². The van der Waals surface area contributed by atoms with Crippen LogP contribution in [0.4, 0.5) is 0 Å². The molecule has 1 heterocycles. The van der Waals surface area contributed by atoms with Gasteiger partial charge in [-0.25, -0.2) is 0 Å². The van der Waals surface area contributed by atoms with Crippen molar-refractivity contribution in [2.75, 3.05) is 7.11 Å². The zero-order valence-corrected chi connectivity index (χ0v) is 12.7. The number of carbonyl (C=O) groups is 1. The van der Waals surface area contributed by atoms with Gasteiger partial charge in [-0.3, -0.25) is 4.79 Å². The molecule has 1 saturated heterocycles. The Labute approximate surface area is 110 Å². The summed E-state index contributed by atoms with van der Waals surface area (Å²) in [6.07, 6.45) is 1.02. The van der Waals surface area contributed by atoms with Crippen LogP contribution in [0.1, 0.15) is 54.4 Å². The van der Waals surface area contributed by atoms with Crippen LogP contribution in [0.25, 0.3) is 0 Å². The largest absolute Gasteiger partial charge is 0.469 e. The Morgan fingerprint density at radius 1 is 1.33 bits per heavy atom. The molecule has 1 aliphatic heterocycles. The summed E-state index contributed by atoms with van der Waals surface area (Å²) in [6, 6.07) is 0. The third-order valence-corrected chi connectivity index (χ3v) is 4.32. The van der Waals surface area contributed by atoms with E-state index in [-0.39, 0.29) is 18.0 Å². The number of hydrogen-bond donors (Lipinski definition) is 1. The second-order valence-electron chi connectivity index (χ2n) is 7.11. The van der Waals surface area contributed by atoms with E-state index in [4.69, 9.17) is 15.2 Å². The summed E-state index contributed by atoms with van der Waals surface area (Å²) >= 11 is 0. The van der Waals surface area contributed by atoms with Gasteiger partial charge in [-0.2, -0.15) is 0 Å². The highest BCUT2D eigenvalue weighted by molar-refractivity contribution is 5.70. The second-order valence-corrected chi connectivity index (χ2v) is 7.11. The van der Waals surface area contributed by atoms with Crippen molar-refractivity contribution in [3.63, 3.8) is 0 Å². The molecular formula is C14H27NO3. The van der Waals surface area contributed by atoms with Gasteiger partial charge in [-0.1, -0.05) is 0 Å². The van der Waals surface area contributed by atoms with Gasteiger partial charge >= 0.3 is 5.97 Å².